The van der Waals surface area contributed by atoms with E-state index in [4.69, 9.17) is 21.2 Å². The van der Waals surface area contributed by atoms with Crippen LogP contribution in [0, 0.1) is 0 Å². The molecule has 3 rings (SSSR count). The van der Waals surface area contributed by atoms with Crippen LogP contribution in [-0.4, -0.2) is 50.4 Å². The van der Waals surface area contributed by atoms with Gasteiger partial charge in [-0.2, -0.15) is 0 Å². The number of phenolic OH excluding ortho intramolecular Hbond substituents is 1. The smallest absolute Gasteiger partial charge is 0.268 e. The molecule has 1 heterocycles. The molecule has 0 spiro atoms. The minimum atomic E-state index is -4.21. The van der Waals surface area contributed by atoms with Gasteiger partial charge in [-0.25, -0.2) is 8.42 Å². The van der Waals surface area contributed by atoms with Gasteiger partial charge in [0.15, 0.2) is 5.75 Å². The van der Waals surface area contributed by atoms with Gasteiger partial charge < -0.3 is 20.5 Å². The molecular weight excluding hydrogens is 462 g/mol. The van der Waals surface area contributed by atoms with E-state index in [0.29, 0.717) is 17.5 Å². The van der Waals surface area contributed by atoms with Gasteiger partial charge in [-0.3, -0.25) is 14.4 Å². The van der Waals surface area contributed by atoms with Crippen LogP contribution in [0.15, 0.2) is 26.6 Å². The summed E-state index contributed by atoms with van der Waals surface area (Å²) < 4.78 is 31.9. The molecule has 1 unspecified atom stereocenters. The number of halogens is 1. The van der Waals surface area contributed by atoms with E-state index < -0.39 is 31.5 Å². The Morgan fingerprint density at radius 3 is 2.50 bits per heavy atom. The third-order valence-corrected chi connectivity index (χ3v) is 7.59. The Bertz CT molecular complexity index is 1150. The summed E-state index contributed by atoms with van der Waals surface area (Å²) >= 11 is 6.17. The number of benzene rings is 1. The fraction of sp³-hybridized carbons (Fsp3) is 0.500. The van der Waals surface area contributed by atoms with Gasteiger partial charge in [0, 0.05) is 13.2 Å². The first-order valence-electron chi connectivity index (χ1n) is 10.2. The van der Waals surface area contributed by atoms with Gasteiger partial charge in [0.25, 0.3) is 20.9 Å². The second kappa shape index (κ2) is 9.75. The molecule has 10 nitrogen and oxygen atoms in total. The average molecular weight is 488 g/mol. The molecule has 0 saturated carbocycles. The third kappa shape index (κ3) is 4.35. The van der Waals surface area contributed by atoms with Crippen LogP contribution in [0.2, 0.25) is 5.02 Å². The number of hydrogen-bond acceptors (Lipinski definition) is 9. The van der Waals surface area contributed by atoms with Crippen molar-refractivity contribution < 1.29 is 23.1 Å². The van der Waals surface area contributed by atoms with Crippen molar-refractivity contribution in [1.82, 2.24) is 4.47 Å². The first-order valence-corrected chi connectivity index (χ1v) is 12.1. The lowest BCUT2D eigenvalue weighted by molar-refractivity contribution is -0.0443. The lowest BCUT2D eigenvalue weighted by Gasteiger charge is -2.26. The minimum Gasteiger partial charge on any atom is -0.504 e. The highest BCUT2D eigenvalue weighted by atomic mass is 35.5. The van der Waals surface area contributed by atoms with Gasteiger partial charge in [0.05, 0.1) is 24.3 Å². The van der Waals surface area contributed by atoms with Crippen molar-refractivity contribution in [2.24, 2.45) is 0 Å². The van der Waals surface area contributed by atoms with Crippen molar-refractivity contribution in [3.63, 3.8) is 0 Å². The largest absolute Gasteiger partial charge is 0.504 e. The molecule has 0 aliphatic carbocycles. The predicted octanol–water partition coefficient (Wildman–Crippen LogP) is 2.33. The summed E-state index contributed by atoms with van der Waals surface area (Å²) in [6.45, 7) is 4.13. The number of hydroxylamine groups is 1. The van der Waals surface area contributed by atoms with Crippen molar-refractivity contribution in [2.75, 3.05) is 30.9 Å². The van der Waals surface area contributed by atoms with Crippen LogP contribution in [-0.2, 0) is 19.6 Å². The Labute approximate surface area is 190 Å². The zero-order valence-electron chi connectivity index (χ0n) is 18.0. The molecule has 0 amide bonds. The van der Waals surface area contributed by atoms with E-state index in [9.17, 15) is 23.1 Å². The molecule has 1 saturated heterocycles. The summed E-state index contributed by atoms with van der Waals surface area (Å²) in [5.74, 6) is -0.696. The van der Waals surface area contributed by atoms with Gasteiger partial charge in [-0.15, -0.1) is 0 Å². The number of nitrogens with zero attached hydrogens (tertiary/aromatic N) is 1. The Balaban J connectivity index is 1.96. The summed E-state index contributed by atoms with van der Waals surface area (Å²) in [4.78, 5) is 28.9. The molecule has 2 aromatic rings. The maximum Gasteiger partial charge on any atom is 0.268 e. The zero-order chi connectivity index (χ0) is 23.6. The van der Waals surface area contributed by atoms with Crippen molar-refractivity contribution >= 4 is 38.7 Å². The van der Waals surface area contributed by atoms with Crippen LogP contribution >= 0.6 is 11.6 Å². The molecule has 2 aromatic carbocycles. The maximum absolute atomic E-state index is 12.8. The molecule has 32 heavy (non-hydrogen) atoms. The van der Waals surface area contributed by atoms with Gasteiger partial charge in [-0.05, 0) is 38.3 Å². The topological polar surface area (TPSA) is 134 Å². The number of rotatable bonds is 10. The van der Waals surface area contributed by atoms with E-state index in [-0.39, 0.29) is 40.8 Å². The molecule has 1 aliphatic rings. The summed E-state index contributed by atoms with van der Waals surface area (Å²) in [5, 5.41) is 16.4. The molecular formula is C20H26ClN3O7S. The number of phenols is 1. The molecule has 3 N–H and O–H groups in total. The fourth-order valence-electron chi connectivity index (χ4n) is 3.72. The molecule has 2 atom stereocenters. The van der Waals surface area contributed by atoms with E-state index in [0.717, 1.165) is 18.9 Å². The van der Waals surface area contributed by atoms with Gasteiger partial charge >= 0.3 is 0 Å². The fourth-order valence-corrected chi connectivity index (χ4v) is 5.26. The summed E-state index contributed by atoms with van der Waals surface area (Å²) in [6.07, 6.45) is 2.33. The Hall–Kier alpha value is -2.18. The summed E-state index contributed by atoms with van der Waals surface area (Å²) in [6, 6.07) is 2.21. The van der Waals surface area contributed by atoms with Crippen LogP contribution < -0.4 is 21.5 Å². The number of nitrogens with one attached hydrogen (secondary N) is 2. The second-order valence-corrected chi connectivity index (χ2v) is 9.52. The second-order valence-electron chi connectivity index (χ2n) is 7.32. The lowest BCUT2D eigenvalue weighted by atomic mass is 10.0. The molecule has 0 bridgehead atoms. The van der Waals surface area contributed by atoms with Crippen LogP contribution in [0.1, 0.15) is 33.1 Å². The highest BCUT2D eigenvalue weighted by Gasteiger charge is 2.32. The number of sulfonamides is 1. The number of anilines is 3. The van der Waals surface area contributed by atoms with Crippen LogP contribution in [0.25, 0.3) is 0 Å². The van der Waals surface area contributed by atoms with Crippen molar-refractivity contribution in [3.05, 3.63) is 37.6 Å². The zero-order valence-corrected chi connectivity index (χ0v) is 19.5. The SMILES string of the molecule is CCC(Nc1c(Nc2c(Cl)ccc(S(=O)(=O)N(CC)OC)c2O)c(=O)c1=O)[C@H]1CCCO1. The summed E-state index contributed by atoms with van der Waals surface area (Å²) in [7, 11) is -3.02. The molecule has 0 radical (unpaired) electrons. The van der Waals surface area contributed by atoms with Gasteiger partial charge in [-0.1, -0.05) is 23.0 Å². The molecule has 12 heteroatoms. The molecule has 1 fully saturated rings. The third-order valence-electron chi connectivity index (χ3n) is 5.44. The first-order chi connectivity index (χ1) is 15.2. The first kappa shape index (κ1) is 24.5. The minimum absolute atomic E-state index is 0.00247. The number of ether oxygens (including phenoxy) is 1. The number of hydrogen-bond donors (Lipinski definition) is 3. The van der Waals surface area contributed by atoms with Crippen LogP contribution in [0.4, 0.5) is 17.1 Å². The Morgan fingerprint density at radius 1 is 1.25 bits per heavy atom. The molecule has 176 valence electrons. The quantitative estimate of drug-likeness (QED) is 0.262. The Morgan fingerprint density at radius 2 is 1.94 bits per heavy atom. The molecule has 0 aromatic heterocycles. The standard InChI is InChI=1S/C20H26ClN3O7S/c1-4-12(13-7-6-10-31-13)22-16-17(20(27)19(16)26)23-15-11(21)8-9-14(18(15)25)32(28,29)24(5-2)30-3/h8-9,12-13,22-23,25H,4-7,10H2,1-3H3/t12?,13-/m1/s1. The van der Waals surface area contributed by atoms with E-state index in [1.54, 1.807) is 6.92 Å². The van der Waals surface area contributed by atoms with Crippen molar-refractivity contribution in [1.29, 1.82) is 0 Å². The molecule has 1 aliphatic heterocycles. The van der Waals surface area contributed by atoms with E-state index in [1.165, 1.54) is 13.2 Å². The normalized spacial score (nSPS) is 17.7. The highest BCUT2D eigenvalue weighted by molar-refractivity contribution is 7.89. The van der Waals surface area contributed by atoms with E-state index in [1.807, 2.05) is 6.92 Å². The van der Waals surface area contributed by atoms with Gasteiger partial charge in [0.2, 0.25) is 0 Å². The number of aromatic hydroxyl groups is 1. The Kier molecular flexibility index (Phi) is 7.46. The van der Waals surface area contributed by atoms with Crippen LogP contribution in [0.3, 0.4) is 0 Å². The monoisotopic (exact) mass is 487 g/mol. The maximum atomic E-state index is 12.8. The predicted molar refractivity (Wildman–Crippen MR) is 121 cm³/mol. The van der Waals surface area contributed by atoms with E-state index in [2.05, 4.69) is 10.6 Å². The van der Waals surface area contributed by atoms with Crippen LogP contribution in [0.5, 0.6) is 5.75 Å². The van der Waals surface area contributed by atoms with Gasteiger partial charge in [0.1, 0.15) is 22.0 Å². The van der Waals surface area contributed by atoms with Crippen molar-refractivity contribution in [2.45, 2.75) is 50.2 Å². The highest BCUT2D eigenvalue weighted by Crippen LogP contribution is 2.40. The average Bonchev–Trinajstić information content (AvgIpc) is 3.30. The van der Waals surface area contributed by atoms with E-state index >= 15 is 0 Å². The summed E-state index contributed by atoms with van der Waals surface area (Å²) in [5.41, 5.74) is -1.77. The van der Waals surface area contributed by atoms with Crippen molar-refractivity contribution in [3.8, 4) is 5.75 Å². The lowest BCUT2D eigenvalue weighted by Crippen LogP contribution is -2.42.